The van der Waals surface area contributed by atoms with E-state index < -0.39 is 0 Å². The van der Waals surface area contributed by atoms with Crippen LogP contribution in [0.3, 0.4) is 0 Å². The van der Waals surface area contributed by atoms with Crippen LogP contribution >= 0.6 is 0 Å². The van der Waals surface area contributed by atoms with Gasteiger partial charge in [-0.1, -0.05) is 45.0 Å². The van der Waals surface area contributed by atoms with Crippen molar-refractivity contribution in [2.24, 2.45) is 0 Å². The van der Waals surface area contributed by atoms with E-state index in [1.165, 1.54) is 25.8 Å². The highest BCUT2D eigenvalue weighted by molar-refractivity contribution is 5.38. The minimum Gasteiger partial charge on any atom is -0.315 e. The molecule has 1 N–H and O–H groups in total. The summed E-state index contributed by atoms with van der Waals surface area (Å²) in [4.78, 5) is 2.74. The van der Waals surface area contributed by atoms with Gasteiger partial charge in [0.15, 0.2) is 0 Å². The zero-order valence-corrected chi connectivity index (χ0v) is 13.2. The molecule has 1 fully saturated rings. The van der Waals surface area contributed by atoms with Gasteiger partial charge in [-0.05, 0) is 48.9 Å². The van der Waals surface area contributed by atoms with E-state index in [1.807, 2.05) is 0 Å². The first-order valence-corrected chi connectivity index (χ1v) is 8.19. The summed E-state index contributed by atoms with van der Waals surface area (Å²) in [5, 5.41) is 3.52. The maximum absolute atomic E-state index is 3.52. The molecule has 1 aliphatic carbocycles. The summed E-state index contributed by atoms with van der Waals surface area (Å²) in [5.74, 6) is 0. The number of likely N-dealkylation sites (N-methyl/N-ethyl adjacent to an activating group) is 1. The summed E-state index contributed by atoms with van der Waals surface area (Å²) >= 11 is 0. The van der Waals surface area contributed by atoms with Crippen molar-refractivity contribution in [3.05, 3.63) is 35.4 Å². The van der Waals surface area contributed by atoms with Crippen molar-refractivity contribution in [1.29, 1.82) is 0 Å². The standard InChI is InChI=1S/C18H28N2/c1-4-20(14-10-12-19-13-14)17-9-11-18(2,3)16-8-6-5-7-15(16)17/h5-8,14,17,19H,4,9-13H2,1-3H3. The number of rotatable bonds is 3. The van der Waals surface area contributed by atoms with Gasteiger partial charge in [0.25, 0.3) is 0 Å². The van der Waals surface area contributed by atoms with Gasteiger partial charge in [-0.15, -0.1) is 0 Å². The van der Waals surface area contributed by atoms with Crippen molar-refractivity contribution in [1.82, 2.24) is 10.2 Å². The largest absolute Gasteiger partial charge is 0.315 e. The molecule has 2 heteroatoms. The molecule has 1 heterocycles. The van der Waals surface area contributed by atoms with Crippen molar-refractivity contribution in [3.63, 3.8) is 0 Å². The molecular formula is C18H28N2. The van der Waals surface area contributed by atoms with E-state index in [1.54, 1.807) is 11.1 Å². The third-order valence-corrected chi connectivity index (χ3v) is 5.36. The first-order chi connectivity index (χ1) is 9.63. The molecule has 0 bridgehead atoms. The second-order valence-electron chi connectivity index (χ2n) is 7.00. The lowest BCUT2D eigenvalue weighted by atomic mass is 9.70. The van der Waals surface area contributed by atoms with E-state index in [0.29, 0.717) is 11.5 Å². The molecule has 110 valence electrons. The third-order valence-electron chi connectivity index (χ3n) is 5.36. The van der Waals surface area contributed by atoms with Crippen LogP contribution in [0.1, 0.15) is 57.2 Å². The zero-order chi connectivity index (χ0) is 14.2. The van der Waals surface area contributed by atoms with Crippen LogP contribution in [0.2, 0.25) is 0 Å². The molecule has 2 unspecified atom stereocenters. The third kappa shape index (κ3) is 2.40. The van der Waals surface area contributed by atoms with E-state index in [9.17, 15) is 0 Å². The van der Waals surface area contributed by atoms with Gasteiger partial charge in [0, 0.05) is 18.6 Å². The normalized spacial score (nSPS) is 28.6. The second-order valence-corrected chi connectivity index (χ2v) is 7.00. The minimum atomic E-state index is 0.334. The zero-order valence-electron chi connectivity index (χ0n) is 13.2. The maximum Gasteiger partial charge on any atom is 0.0354 e. The predicted molar refractivity (Wildman–Crippen MR) is 85.1 cm³/mol. The fraction of sp³-hybridized carbons (Fsp3) is 0.667. The molecule has 3 rings (SSSR count). The summed E-state index contributed by atoms with van der Waals surface area (Å²) in [6.07, 6.45) is 3.90. The minimum absolute atomic E-state index is 0.334. The maximum atomic E-state index is 3.52. The fourth-order valence-corrected chi connectivity index (χ4v) is 4.19. The smallest absolute Gasteiger partial charge is 0.0354 e. The topological polar surface area (TPSA) is 15.3 Å². The summed E-state index contributed by atoms with van der Waals surface area (Å²) in [6.45, 7) is 10.6. The van der Waals surface area contributed by atoms with Crippen LogP contribution in [0, 0.1) is 0 Å². The Bertz CT molecular complexity index is 460. The summed E-state index contributed by atoms with van der Waals surface area (Å²) in [5.41, 5.74) is 3.48. The predicted octanol–water partition coefficient (Wildman–Crippen LogP) is 3.48. The Morgan fingerprint density at radius 1 is 1.25 bits per heavy atom. The van der Waals surface area contributed by atoms with Crippen molar-refractivity contribution >= 4 is 0 Å². The number of nitrogens with one attached hydrogen (secondary N) is 1. The Morgan fingerprint density at radius 2 is 2.05 bits per heavy atom. The van der Waals surface area contributed by atoms with Gasteiger partial charge in [0.1, 0.15) is 0 Å². The molecular weight excluding hydrogens is 244 g/mol. The molecule has 2 aliphatic rings. The SMILES string of the molecule is CCN(C1CCNC1)C1CCC(C)(C)c2ccccc21. The number of nitrogens with zero attached hydrogens (tertiary/aromatic N) is 1. The van der Waals surface area contributed by atoms with Crippen molar-refractivity contribution in [2.75, 3.05) is 19.6 Å². The summed E-state index contributed by atoms with van der Waals surface area (Å²) in [7, 11) is 0. The summed E-state index contributed by atoms with van der Waals surface area (Å²) < 4.78 is 0. The summed E-state index contributed by atoms with van der Waals surface area (Å²) in [6, 6.07) is 10.5. The number of hydrogen-bond donors (Lipinski definition) is 1. The molecule has 2 nitrogen and oxygen atoms in total. The monoisotopic (exact) mass is 272 g/mol. The van der Waals surface area contributed by atoms with Crippen molar-refractivity contribution in [3.8, 4) is 0 Å². The molecule has 0 radical (unpaired) electrons. The van der Waals surface area contributed by atoms with E-state index >= 15 is 0 Å². The molecule has 1 aromatic rings. The quantitative estimate of drug-likeness (QED) is 0.906. The lowest BCUT2D eigenvalue weighted by Gasteiger charge is -2.43. The fourth-order valence-electron chi connectivity index (χ4n) is 4.19. The highest BCUT2D eigenvalue weighted by Crippen LogP contribution is 2.44. The highest BCUT2D eigenvalue weighted by atomic mass is 15.2. The highest BCUT2D eigenvalue weighted by Gasteiger charge is 2.37. The average Bonchev–Trinajstić information content (AvgIpc) is 2.96. The Kier molecular flexibility index (Phi) is 3.87. The van der Waals surface area contributed by atoms with Gasteiger partial charge in [-0.25, -0.2) is 0 Å². The molecule has 1 saturated heterocycles. The number of benzene rings is 1. The van der Waals surface area contributed by atoms with Crippen LogP contribution < -0.4 is 5.32 Å². The van der Waals surface area contributed by atoms with Crippen molar-refractivity contribution < 1.29 is 0 Å². The van der Waals surface area contributed by atoms with Crippen LogP contribution in [0.5, 0.6) is 0 Å². The van der Waals surface area contributed by atoms with Crippen LogP contribution in [0.25, 0.3) is 0 Å². The van der Waals surface area contributed by atoms with Gasteiger partial charge >= 0.3 is 0 Å². The Hall–Kier alpha value is -0.860. The number of hydrogen-bond acceptors (Lipinski definition) is 2. The van der Waals surface area contributed by atoms with E-state index in [0.717, 1.165) is 19.1 Å². The van der Waals surface area contributed by atoms with Gasteiger partial charge in [0.05, 0.1) is 0 Å². The van der Waals surface area contributed by atoms with E-state index in [4.69, 9.17) is 0 Å². The number of fused-ring (bicyclic) bond motifs is 1. The average molecular weight is 272 g/mol. The Morgan fingerprint density at radius 3 is 2.75 bits per heavy atom. The Labute approximate surface area is 123 Å². The van der Waals surface area contributed by atoms with Gasteiger partial charge < -0.3 is 5.32 Å². The molecule has 0 aromatic heterocycles. The first-order valence-electron chi connectivity index (χ1n) is 8.19. The molecule has 2 atom stereocenters. The van der Waals surface area contributed by atoms with Gasteiger partial charge in [-0.3, -0.25) is 4.90 Å². The molecule has 0 spiro atoms. The van der Waals surface area contributed by atoms with Crippen LogP contribution in [0.4, 0.5) is 0 Å². The second kappa shape index (κ2) is 5.50. The van der Waals surface area contributed by atoms with Crippen LogP contribution in [-0.4, -0.2) is 30.6 Å². The molecule has 1 aromatic carbocycles. The molecule has 1 aliphatic heterocycles. The Balaban J connectivity index is 1.94. The molecule has 0 amide bonds. The van der Waals surface area contributed by atoms with E-state index in [-0.39, 0.29) is 0 Å². The molecule has 0 saturated carbocycles. The van der Waals surface area contributed by atoms with Gasteiger partial charge in [0.2, 0.25) is 0 Å². The first kappa shape index (κ1) is 14.1. The lowest BCUT2D eigenvalue weighted by molar-refractivity contribution is 0.126. The van der Waals surface area contributed by atoms with E-state index in [2.05, 4.69) is 55.3 Å². The van der Waals surface area contributed by atoms with Crippen LogP contribution in [0.15, 0.2) is 24.3 Å². The van der Waals surface area contributed by atoms with Crippen LogP contribution in [-0.2, 0) is 5.41 Å². The van der Waals surface area contributed by atoms with Crippen molar-refractivity contribution in [2.45, 2.75) is 57.5 Å². The lowest BCUT2D eigenvalue weighted by Crippen LogP contribution is -2.42. The molecule has 20 heavy (non-hydrogen) atoms. The van der Waals surface area contributed by atoms with Gasteiger partial charge in [-0.2, -0.15) is 0 Å².